The Balaban J connectivity index is 3.62. The van der Waals surface area contributed by atoms with Crippen LogP contribution < -0.4 is 5.32 Å². The van der Waals surface area contributed by atoms with Crippen molar-refractivity contribution in [2.24, 2.45) is 11.8 Å². The van der Waals surface area contributed by atoms with Crippen molar-refractivity contribution in [1.29, 1.82) is 0 Å². The Morgan fingerprint density at radius 3 is 2.60 bits per heavy atom. The quantitative estimate of drug-likeness (QED) is 0.599. The number of rotatable bonds is 9. The van der Waals surface area contributed by atoms with Crippen molar-refractivity contribution in [1.82, 2.24) is 5.32 Å². The minimum absolute atomic E-state index is 0.239. The summed E-state index contributed by atoms with van der Waals surface area (Å²) < 4.78 is 0. The van der Waals surface area contributed by atoms with E-state index in [1.807, 2.05) is 11.8 Å². The summed E-state index contributed by atoms with van der Waals surface area (Å²) in [6.45, 7) is 7.74. The molecule has 0 radical (unpaired) electrons. The topological polar surface area (TPSA) is 49.3 Å². The van der Waals surface area contributed by atoms with Crippen LogP contribution in [0.1, 0.15) is 27.2 Å². The number of hydrogen-bond acceptors (Lipinski definition) is 3. The van der Waals surface area contributed by atoms with Gasteiger partial charge in [-0.3, -0.25) is 4.79 Å². The van der Waals surface area contributed by atoms with Gasteiger partial charge in [0.1, 0.15) is 0 Å². The Morgan fingerprint density at radius 2 is 2.13 bits per heavy atom. The lowest BCUT2D eigenvalue weighted by atomic mass is 9.97. The molecular formula is C11H23NO2S. The van der Waals surface area contributed by atoms with Crippen LogP contribution in [0.15, 0.2) is 0 Å². The number of nitrogens with one attached hydrogen (secondary N) is 1. The van der Waals surface area contributed by atoms with Gasteiger partial charge in [-0.15, -0.1) is 0 Å². The average molecular weight is 233 g/mol. The lowest BCUT2D eigenvalue weighted by molar-refractivity contribution is -0.142. The van der Waals surface area contributed by atoms with E-state index in [2.05, 4.69) is 26.1 Å². The van der Waals surface area contributed by atoms with Crippen molar-refractivity contribution in [3.8, 4) is 0 Å². The summed E-state index contributed by atoms with van der Waals surface area (Å²) in [5, 5.41) is 12.2. The predicted octanol–water partition coefficient (Wildman–Crippen LogP) is 2.08. The van der Waals surface area contributed by atoms with Crippen LogP contribution in [-0.2, 0) is 4.79 Å². The summed E-state index contributed by atoms with van der Waals surface area (Å²) in [5.74, 6) is 1.70. The third-order valence-corrected chi connectivity index (χ3v) is 3.02. The molecule has 0 saturated heterocycles. The van der Waals surface area contributed by atoms with Crippen molar-refractivity contribution < 1.29 is 9.90 Å². The SMILES string of the molecule is CCSCCNCC(CC(C)C)C(=O)O. The summed E-state index contributed by atoms with van der Waals surface area (Å²) in [6.07, 6.45) is 0.753. The highest BCUT2D eigenvalue weighted by molar-refractivity contribution is 7.99. The summed E-state index contributed by atoms with van der Waals surface area (Å²) >= 11 is 1.87. The second-order valence-electron chi connectivity index (χ2n) is 4.07. The van der Waals surface area contributed by atoms with Crippen LogP contribution in [0.3, 0.4) is 0 Å². The molecule has 0 aliphatic carbocycles. The lowest BCUT2D eigenvalue weighted by Crippen LogP contribution is -2.30. The smallest absolute Gasteiger partial charge is 0.307 e. The molecule has 1 unspecified atom stereocenters. The van der Waals surface area contributed by atoms with E-state index in [4.69, 9.17) is 5.11 Å². The summed E-state index contributed by atoms with van der Waals surface area (Å²) in [4.78, 5) is 10.9. The van der Waals surface area contributed by atoms with Gasteiger partial charge in [0.15, 0.2) is 0 Å². The van der Waals surface area contributed by atoms with Crippen LogP contribution in [0.25, 0.3) is 0 Å². The Hall–Kier alpha value is -0.220. The number of carboxylic acid groups (broad SMARTS) is 1. The maximum atomic E-state index is 10.9. The van der Waals surface area contributed by atoms with Crippen molar-refractivity contribution in [2.75, 3.05) is 24.6 Å². The average Bonchev–Trinajstić information content (AvgIpc) is 2.15. The monoisotopic (exact) mass is 233 g/mol. The molecule has 0 saturated carbocycles. The Bertz CT molecular complexity index is 174. The summed E-state index contributed by atoms with van der Waals surface area (Å²) in [5.41, 5.74) is 0. The van der Waals surface area contributed by atoms with E-state index in [9.17, 15) is 4.79 Å². The van der Waals surface area contributed by atoms with E-state index in [-0.39, 0.29) is 5.92 Å². The molecule has 3 nitrogen and oxygen atoms in total. The first-order chi connectivity index (χ1) is 7.07. The van der Waals surface area contributed by atoms with Gasteiger partial charge in [-0.05, 0) is 18.1 Å². The van der Waals surface area contributed by atoms with E-state index >= 15 is 0 Å². The highest BCUT2D eigenvalue weighted by Gasteiger charge is 2.17. The van der Waals surface area contributed by atoms with Gasteiger partial charge in [-0.1, -0.05) is 20.8 Å². The van der Waals surface area contributed by atoms with E-state index in [0.29, 0.717) is 12.5 Å². The van der Waals surface area contributed by atoms with Gasteiger partial charge in [-0.2, -0.15) is 11.8 Å². The first-order valence-corrected chi connectivity index (χ1v) is 6.74. The number of carboxylic acids is 1. The number of hydrogen-bond donors (Lipinski definition) is 2. The maximum absolute atomic E-state index is 10.9. The minimum Gasteiger partial charge on any atom is -0.481 e. The fourth-order valence-electron chi connectivity index (χ4n) is 1.41. The zero-order valence-electron chi connectivity index (χ0n) is 9.95. The molecule has 0 aliphatic rings. The molecule has 2 N–H and O–H groups in total. The van der Waals surface area contributed by atoms with Gasteiger partial charge < -0.3 is 10.4 Å². The molecule has 0 spiro atoms. The zero-order chi connectivity index (χ0) is 11.7. The zero-order valence-corrected chi connectivity index (χ0v) is 10.8. The van der Waals surface area contributed by atoms with Gasteiger partial charge in [0.05, 0.1) is 5.92 Å². The van der Waals surface area contributed by atoms with Gasteiger partial charge in [0, 0.05) is 18.8 Å². The van der Waals surface area contributed by atoms with Gasteiger partial charge >= 0.3 is 5.97 Å². The first-order valence-electron chi connectivity index (χ1n) is 5.59. The number of carbonyl (C=O) groups is 1. The molecule has 0 aromatic heterocycles. The van der Waals surface area contributed by atoms with Crippen LogP contribution in [0, 0.1) is 11.8 Å². The van der Waals surface area contributed by atoms with E-state index < -0.39 is 5.97 Å². The molecule has 0 rings (SSSR count). The van der Waals surface area contributed by atoms with Crippen molar-refractivity contribution in [2.45, 2.75) is 27.2 Å². The van der Waals surface area contributed by atoms with Crippen LogP contribution in [0.2, 0.25) is 0 Å². The minimum atomic E-state index is -0.681. The third-order valence-electron chi connectivity index (χ3n) is 2.12. The normalized spacial score (nSPS) is 13.1. The van der Waals surface area contributed by atoms with Gasteiger partial charge in [0.2, 0.25) is 0 Å². The molecule has 0 fully saturated rings. The Kier molecular flexibility index (Phi) is 8.91. The molecule has 0 amide bonds. The standard InChI is InChI=1S/C11H23NO2S/c1-4-15-6-5-12-8-10(11(13)14)7-9(2)3/h9-10,12H,4-8H2,1-3H3,(H,13,14). The molecule has 0 heterocycles. The highest BCUT2D eigenvalue weighted by Crippen LogP contribution is 2.11. The highest BCUT2D eigenvalue weighted by atomic mass is 32.2. The van der Waals surface area contributed by atoms with E-state index in [0.717, 1.165) is 24.5 Å². The van der Waals surface area contributed by atoms with Crippen LogP contribution in [-0.4, -0.2) is 35.7 Å². The largest absolute Gasteiger partial charge is 0.481 e. The van der Waals surface area contributed by atoms with Crippen LogP contribution >= 0.6 is 11.8 Å². The van der Waals surface area contributed by atoms with Gasteiger partial charge in [-0.25, -0.2) is 0 Å². The van der Waals surface area contributed by atoms with Crippen molar-refractivity contribution >= 4 is 17.7 Å². The molecule has 0 aromatic carbocycles. The molecule has 15 heavy (non-hydrogen) atoms. The molecule has 0 bridgehead atoms. The molecular weight excluding hydrogens is 210 g/mol. The molecule has 0 aromatic rings. The molecule has 90 valence electrons. The number of aliphatic carboxylic acids is 1. The fourth-order valence-corrected chi connectivity index (χ4v) is 1.98. The fraction of sp³-hybridized carbons (Fsp3) is 0.909. The van der Waals surface area contributed by atoms with Crippen molar-refractivity contribution in [3.05, 3.63) is 0 Å². The lowest BCUT2D eigenvalue weighted by Gasteiger charge is -2.15. The second-order valence-corrected chi connectivity index (χ2v) is 5.46. The van der Waals surface area contributed by atoms with E-state index in [1.54, 1.807) is 0 Å². The van der Waals surface area contributed by atoms with Crippen LogP contribution in [0.5, 0.6) is 0 Å². The second kappa shape index (κ2) is 9.04. The molecule has 4 heteroatoms. The van der Waals surface area contributed by atoms with Gasteiger partial charge in [0.25, 0.3) is 0 Å². The number of thioether (sulfide) groups is 1. The summed E-state index contributed by atoms with van der Waals surface area (Å²) in [6, 6.07) is 0. The predicted molar refractivity (Wildman–Crippen MR) is 66.4 cm³/mol. The Morgan fingerprint density at radius 1 is 1.47 bits per heavy atom. The molecule has 0 aliphatic heterocycles. The van der Waals surface area contributed by atoms with Crippen LogP contribution in [0.4, 0.5) is 0 Å². The molecule has 1 atom stereocenters. The third kappa shape index (κ3) is 8.75. The van der Waals surface area contributed by atoms with E-state index in [1.165, 1.54) is 0 Å². The maximum Gasteiger partial charge on any atom is 0.307 e. The van der Waals surface area contributed by atoms with Crippen molar-refractivity contribution in [3.63, 3.8) is 0 Å². The summed E-state index contributed by atoms with van der Waals surface area (Å²) in [7, 11) is 0. The first kappa shape index (κ1) is 14.8. The Labute approximate surface area is 97.0 Å².